The van der Waals surface area contributed by atoms with Gasteiger partial charge in [0.1, 0.15) is 11.5 Å². The molecule has 0 aromatic heterocycles. The third-order valence-corrected chi connectivity index (χ3v) is 11.1. The molecule has 5 heteroatoms. The van der Waals surface area contributed by atoms with Gasteiger partial charge in [0.25, 0.3) is 0 Å². The predicted molar refractivity (Wildman–Crippen MR) is 276 cm³/mol. The lowest BCUT2D eigenvalue weighted by atomic mass is 9.95. The quantitative estimate of drug-likeness (QED) is 0.0445. The van der Waals surface area contributed by atoms with Gasteiger partial charge in [0.05, 0.1) is 5.70 Å². The van der Waals surface area contributed by atoms with Crippen LogP contribution in [0.2, 0.25) is 0 Å². The van der Waals surface area contributed by atoms with E-state index in [9.17, 15) is 9.59 Å². The van der Waals surface area contributed by atoms with Crippen molar-refractivity contribution in [3.8, 4) is 11.5 Å². The minimum Gasteiger partial charge on any atom is -0.423 e. The van der Waals surface area contributed by atoms with Crippen molar-refractivity contribution in [2.45, 2.75) is 13.3 Å². The van der Waals surface area contributed by atoms with E-state index in [0.717, 1.165) is 96.2 Å². The summed E-state index contributed by atoms with van der Waals surface area (Å²) in [6, 6.07) is 72.1. The Morgan fingerprint density at radius 2 is 0.821 bits per heavy atom. The van der Waals surface area contributed by atoms with Gasteiger partial charge in [-0.05, 0) is 122 Å². The van der Waals surface area contributed by atoms with Gasteiger partial charge < -0.3 is 14.4 Å². The Labute approximate surface area is 392 Å². The van der Waals surface area contributed by atoms with Crippen LogP contribution in [-0.2, 0) is 9.59 Å². The van der Waals surface area contributed by atoms with Crippen LogP contribution in [0.1, 0.15) is 52.3 Å². The van der Waals surface area contributed by atoms with E-state index in [-0.39, 0.29) is 0 Å². The van der Waals surface area contributed by atoms with Crippen LogP contribution in [-0.4, -0.2) is 11.9 Å². The average molecular weight is 872 g/mol. The van der Waals surface area contributed by atoms with E-state index in [1.165, 1.54) is 0 Å². The van der Waals surface area contributed by atoms with Crippen molar-refractivity contribution in [3.05, 3.63) is 287 Å². The second-order valence-electron chi connectivity index (χ2n) is 15.6. The minimum absolute atomic E-state index is 0.453. The first-order valence-corrected chi connectivity index (χ1v) is 22.2. The van der Waals surface area contributed by atoms with Gasteiger partial charge in [-0.15, -0.1) is 0 Å². The lowest BCUT2D eigenvalue weighted by molar-refractivity contribution is -0.129. The second-order valence-corrected chi connectivity index (χ2v) is 15.6. The number of hydrogen-bond donors (Lipinski definition) is 0. The molecule has 0 saturated heterocycles. The van der Waals surface area contributed by atoms with Crippen LogP contribution < -0.4 is 24.8 Å². The van der Waals surface area contributed by atoms with E-state index in [0.29, 0.717) is 11.5 Å². The molecular formula is C62H49NO4. The maximum atomic E-state index is 11.9. The van der Waals surface area contributed by atoms with Crippen LogP contribution >= 0.6 is 0 Å². The highest BCUT2D eigenvalue weighted by atomic mass is 16.5. The molecule has 67 heavy (non-hydrogen) atoms. The molecule has 326 valence electrons. The summed E-state index contributed by atoms with van der Waals surface area (Å²) in [6.45, 7) is 9.19. The van der Waals surface area contributed by atoms with Gasteiger partial charge in [-0.25, -0.2) is 9.59 Å². The van der Waals surface area contributed by atoms with Gasteiger partial charge in [0, 0.05) is 28.7 Å². The zero-order chi connectivity index (χ0) is 46.4. The Hall–Kier alpha value is -8.80. The zero-order valence-electron chi connectivity index (χ0n) is 37.3. The van der Waals surface area contributed by atoms with E-state index in [1.807, 2.05) is 60.7 Å². The van der Waals surface area contributed by atoms with Gasteiger partial charge in [-0.2, -0.15) is 0 Å². The van der Waals surface area contributed by atoms with Crippen LogP contribution in [0.4, 0.5) is 11.4 Å². The predicted octanol–water partition coefficient (Wildman–Crippen LogP) is 13.2. The molecule has 0 amide bonds. The number of ether oxygens (including phenoxy) is 2. The summed E-state index contributed by atoms with van der Waals surface area (Å²) in [4.78, 5) is 26.1. The third-order valence-electron chi connectivity index (χ3n) is 11.1. The highest BCUT2D eigenvalue weighted by Gasteiger charge is 2.19. The molecule has 0 spiro atoms. The molecule has 8 rings (SSSR count). The van der Waals surface area contributed by atoms with Crippen LogP contribution in [0, 0.1) is 0 Å². The number of carbonyl (C=O) groups is 2. The molecule has 0 unspecified atom stereocenters. The number of nitrogens with zero attached hydrogens (tertiary/aromatic N) is 1. The van der Waals surface area contributed by atoms with Crippen LogP contribution in [0.5, 0.6) is 11.5 Å². The van der Waals surface area contributed by atoms with Crippen molar-refractivity contribution in [1.82, 2.24) is 0 Å². The van der Waals surface area contributed by atoms with Crippen molar-refractivity contribution < 1.29 is 19.1 Å². The average Bonchev–Trinajstić information content (AvgIpc) is 3.38. The van der Waals surface area contributed by atoms with E-state index in [2.05, 4.69) is 171 Å². The summed E-state index contributed by atoms with van der Waals surface area (Å²) in [7, 11) is 0. The fraction of sp³-hybridized carbons (Fsp3) is 0.0323. The van der Waals surface area contributed by atoms with Crippen molar-refractivity contribution in [1.29, 1.82) is 0 Å². The molecule has 0 atom stereocenters. The Morgan fingerprint density at radius 1 is 0.448 bits per heavy atom. The molecule has 0 aliphatic rings. The summed E-state index contributed by atoms with van der Waals surface area (Å²) in [5, 5.41) is 2.27. The van der Waals surface area contributed by atoms with Gasteiger partial charge in [-0.1, -0.05) is 190 Å². The third kappa shape index (κ3) is 11.1. The molecule has 0 heterocycles. The maximum absolute atomic E-state index is 11.9. The Morgan fingerprint density at radius 3 is 1.22 bits per heavy atom. The van der Waals surface area contributed by atoms with Gasteiger partial charge in [0.2, 0.25) is 0 Å². The number of rotatable bonds is 15. The molecule has 0 aliphatic heterocycles. The van der Waals surface area contributed by atoms with Crippen molar-refractivity contribution >= 4 is 58.4 Å². The molecule has 0 fully saturated rings. The summed E-state index contributed by atoms with van der Waals surface area (Å²) >= 11 is 0. The molecular weight excluding hydrogens is 823 g/mol. The van der Waals surface area contributed by atoms with Crippen molar-refractivity contribution in [2.75, 3.05) is 4.90 Å². The number of benzene rings is 8. The van der Waals surface area contributed by atoms with Crippen LogP contribution in [0.3, 0.4) is 0 Å². The molecule has 8 aromatic carbocycles. The molecule has 5 nitrogen and oxygen atoms in total. The molecule has 0 saturated carbocycles. The lowest BCUT2D eigenvalue weighted by Crippen LogP contribution is -2.33. The van der Waals surface area contributed by atoms with Crippen LogP contribution in [0.15, 0.2) is 238 Å². The lowest BCUT2D eigenvalue weighted by Gasteiger charge is -2.29. The van der Waals surface area contributed by atoms with E-state index < -0.39 is 11.9 Å². The van der Waals surface area contributed by atoms with E-state index in [1.54, 1.807) is 24.3 Å². The summed E-state index contributed by atoms with van der Waals surface area (Å²) in [6.07, 6.45) is 9.86. The zero-order valence-corrected chi connectivity index (χ0v) is 37.3. The molecule has 0 radical (unpaired) electrons. The maximum Gasteiger partial charge on any atom is 0.335 e. The van der Waals surface area contributed by atoms with Crippen molar-refractivity contribution in [2.24, 2.45) is 0 Å². The first kappa shape index (κ1) is 44.8. The Bertz CT molecular complexity index is 3010. The van der Waals surface area contributed by atoms with Gasteiger partial charge in [0.15, 0.2) is 0 Å². The largest absolute Gasteiger partial charge is 0.423 e. The summed E-state index contributed by atoms with van der Waals surface area (Å²) < 4.78 is 10.7. The Balaban J connectivity index is 1.25. The standard InChI is InChI=1S/C62H49NO4/c1-4-18-47-23-16-17-26-57(47)62(52-24-14-9-15-25-52)63(53-35-27-45(28-36-53)43-58(48-19-10-7-11-20-48)50-31-39-55(40-32-50)66-60(64)5-2)54-37-29-46(30-38-54)44-59(49-21-12-8-13-22-49)51-33-41-56(42-34-51)67-61(65)6-3/h5-44H,2-4H2,1H3/b47-18-,58-43?,59-44?,62-57+. The van der Waals surface area contributed by atoms with Crippen molar-refractivity contribution in [3.63, 3.8) is 0 Å². The Kier molecular flexibility index (Phi) is 14.5. The van der Waals surface area contributed by atoms with Gasteiger partial charge in [-0.3, -0.25) is 0 Å². The molecule has 8 aromatic rings. The number of hydrogen-bond acceptors (Lipinski definition) is 5. The van der Waals surface area contributed by atoms with E-state index in [4.69, 9.17) is 9.47 Å². The fourth-order valence-corrected chi connectivity index (χ4v) is 7.91. The minimum atomic E-state index is -0.500. The van der Waals surface area contributed by atoms with Gasteiger partial charge >= 0.3 is 11.9 Å². The molecule has 0 aliphatic carbocycles. The first-order chi connectivity index (χ1) is 32.9. The normalized spacial score (nSPS) is 12.2. The number of esters is 2. The monoisotopic (exact) mass is 871 g/mol. The summed E-state index contributed by atoms with van der Waals surface area (Å²) in [5.74, 6) is -0.0937. The topological polar surface area (TPSA) is 55.8 Å². The first-order valence-electron chi connectivity index (χ1n) is 22.2. The van der Waals surface area contributed by atoms with E-state index >= 15 is 0 Å². The van der Waals surface area contributed by atoms with Crippen LogP contribution in [0.25, 0.3) is 35.1 Å². The molecule has 0 N–H and O–H groups in total. The summed E-state index contributed by atoms with van der Waals surface area (Å²) in [5.41, 5.74) is 12.3. The highest BCUT2D eigenvalue weighted by molar-refractivity contribution is 5.94. The molecule has 0 bridgehead atoms. The fourth-order valence-electron chi connectivity index (χ4n) is 7.91. The second kappa shape index (κ2) is 21.7. The number of anilines is 2. The number of carbonyl (C=O) groups excluding carboxylic acids is 2. The smallest absolute Gasteiger partial charge is 0.335 e. The highest BCUT2D eigenvalue weighted by Crippen LogP contribution is 2.36. The SMILES string of the molecule is C=CC(=O)Oc1ccc(C(=Cc2ccc(N(/C(c3ccccc3)=c3\cccc\c3=C\CC)c3ccc(C=C(c4ccccc4)c4ccc(OC(=O)C=C)cc4)cc3)cc2)c2ccccc2)cc1.